The Hall–Kier alpha value is -0.680. The van der Waals surface area contributed by atoms with Gasteiger partial charge >= 0.3 is 6.18 Å². The molecule has 1 aliphatic heterocycles. The van der Waals surface area contributed by atoms with Crippen LogP contribution in [0.15, 0.2) is 24.3 Å². The first-order valence-electron chi connectivity index (χ1n) is 6.50. The number of alkyl halides is 3. The van der Waals surface area contributed by atoms with Gasteiger partial charge in [0, 0.05) is 11.3 Å². The summed E-state index contributed by atoms with van der Waals surface area (Å²) in [5.74, 6) is 1.11. The molecule has 2 atom stereocenters. The molecule has 1 saturated heterocycles. The van der Waals surface area contributed by atoms with Crippen molar-refractivity contribution in [1.29, 1.82) is 0 Å². The molecule has 1 aromatic rings. The molecule has 1 fully saturated rings. The minimum Gasteiger partial charge on any atom is -0.326 e. The van der Waals surface area contributed by atoms with Gasteiger partial charge in [0.15, 0.2) is 0 Å². The van der Waals surface area contributed by atoms with Crippen LogP contribution in [-0.2, 0) is 12.6 Å². The average Bonchev–Trinajstić information content (AvgIpc) is 2.39. The number of nitrogens with two attached hydrogens (primary N) is 1. The lowest BCUT2D eigenvalue weighted by molar-refractivity contribution is -0.137. The number of benzene rings is 1. The Morgan fingerprint density at radius 1 is 1.32 bits per heavy atom. The SMILES string of the molecule is NC(Cc1cccc(C(F)(F)F)c1)C1CCCCS1. The fraction of sp³-hybridized carbons (Fsp3) is 0.571. The standard InChI is InChI=1S/C14H18F3NS/c15-14(16,17)11-5-3-4-10(8-11)9-12(18)13-6-1-2-7-19-13/h3-5,8,12-13H,1-2,6-7,9,18H2. The van der Waals surface area contributed by atoms with Crippen molar-refractivity contribution in [3.8, 4) is 0 Å². The van der Waals surface area contributed by atoms with E-state index < -0.39 is 11.7 Å². The average molecular weight is 289 g/mol. The summed E-state index contributed by atoms with van der Waals surface area (Å²) in [5, 5.41) is 0.378. The maximum absolute atomic E-state index is 12.6. The highest BCUT2D eigenvalue weighted by molar-refractivity contribution is 8.00. The molecule has 0 radical (unpaired) electrons. The molecule has 5 heteroatoms. The van der Waals surface area contributed by atoms with Crippen molar-refractivity contribution in [1.82, 2.24) is 0 Å². The van der Waals surface area contributed by atoms with Gasteiger partial charge in [0.05, 0.1) is 5.56 Å². The molecule has 0 bridgehead atoms. The van der Waals surface area contributed by atoms with Crippen molar-refractivity contribution in [2.75, 3.05) is 5.75 Å². The summed E-state index contributed by atoms with van der Waals surface area (Å²) in [4.78, 5) is 0. The minimum absolute atomic E-state index is 0.0613. The van der Waals surface area contributed by atoms with Crippen LogP contribution in [-0.4, -0.2) is 17.0 Å². The van der Waals surface area contributed by atoms with E-state index in [1.807, 2.05) is 11.8 Å². The largest absolute Gasteiger partial charge is 0.416 e. The highest BCUT2D eigenvalue weighted by atomic mass is 32.2. The molecule has 2 unspecified atom stereocenters. The Balaban J connectivity index is 2.02. The first-order valence-corrected chi connectivity index (χ1v) is 7.55. The van der Waals surface area contributed by atoms with Crippen molar-refractivity contribution < 1.29 is 13.2 Å². The Kier molecular flexibility index (Phi) is 4.79. The predicted octanol–water partition coefficient (Wildman–Crippen LogP) is 3.86. The Morgan fingerprint density at radius 2 is 2.11 bits per heavy atom. The number of hydrogen-bond acceptors (Lipinski definition) is 2. The second-order valence-corrected chi connectivity index (χ2v) is 6.32. The molecule has 1 aromatic carbocycles. The zero-order valence-electron chi connectivity index (χ0n) is 10.6. The molecular formula is C14H18F3NS. The van der Waals surface area contributed by atoms with Crippen LogP contribution in [0.4, 0.5) is 13.2 Å². The van der Waals surface area contributed by atoms with E-state index in [1.165, 1.54) is 25.0 Å². The number of rotatable bonds is 3. The number of hydrogen-bond donors (Lipinski definition) is 1. The normalized spacial score (nSPS) is 22.2. The maximum atomic E-state index is 12.6. The van der Waals surface area contributed by atoms with Gasteiger partial charge < -0.3 is 5.73 Å². The molecule has 2 rings (SSSR count). The van der Waals surface area contributed by atoms with Gasteiger partial charge in [-0.05, 0) is 36.6 Å². The lowest BCUT2D eigenvalue weighted by Gasteiger charge is -2.27. The summed E-state index contributed by atoms with van der Waals surface area (Å²) in [6.07, 6.45) is -0.294. The first kappa shape index (κ1) is 14.7. The van der Waals surface area contributed by atoms with Crippen molar-refractivity contribution in [2.45, 2.75) is 43.2 Å². The highest BCUT2D eigenvalue weighted by Gasteiger charge is 2.30. The second-order valence-electron chi connectivity index (χ2n) is 4.97. The topological polar surface area (TPSA) is 26.0 Å². The predicted molar refractivity (Wildman–Crippen MR) is 73.2 cm³/mol. The molecule has 1 nitrogen and oxygen atoms in total. The molecular weight excluding hydrogens is 271 g/mol. The summed E-state index contributed by atoms with van der Waals surface area (Å²) in [7, 11) is 0. The fourth-order valence-corrected chi connectivity index (χ4v) is 3.73. The van der Waals surface area contributed by atoms with Gasteiger partial charge in [-0.15, -0.1) is 0 Å². The van der Waals surface area contributed by atoms with Gasteiger partial charge in [0.2, 0.25) is 0 Å². The third kappa shape index (κ3) is 4.14. The lowest BCUT2D eigenvalue weighted by Crippen LogP contribution is -2.36. The van der Waals surface area contributed by atoms with Crippen LogP contribution < -0.4 is 5.73 Å². The highest BCUT2D eigenvalue weighted by Crippen LogP contribution is 2.31. The number of thioether (sulfide) groups is 1. The summed E-state index contributed by atoms with van der Waals surface area (Å²) in [6.45, 7) is 0. The van der Waals surface area contributed by atoms with E-state index in [4.69, 9.17) is 5.73 Å². The summed E-state index contributed by atoms with van der Waals surface area (Å²) in [6, 6.07) is 5.44. The van der Waals surface area contributed by atoms with Crippen molar-refractivity contribution >= 4 is 11.8 Å². The van der Waals surface area contributed by atoms with Crippen LogP contribution in [0.1, 0.15) is 30.4 Å². The van der Waals surface area contributed by atoms with Crippen LogP contribution in [0.3, 0.4) is 0 Å². The molecule has 1 aliphatic rings. The molecule has 0 aromatic heterocycles. The summed E-state index contributed by atoms with van der Waals surface area (Å²) < 4.78 is 37.9. The van der Waals surface area contributed by atoms with E-state index >= 15 is 0 Å². The van der Waals surface area contributed by atoms with Crippen LogP contribution in [0, 0.1) is 0 Å². The van der Waals surface area contributed by atoms with E-state index in [9.17, 15) is 13.2 Å². The van der Waals surface area contributed by atoms with E-state index in [0.717, 1.165) is 18.2 Å². The molecule has 0 spiro atoms. The summed E-state index contributed by atoms with van der Waals surface area (Å²) in [5.41, 5.74) is 6.22. The first-order chi connectivity index (χ1) is 8.97. The Bertz CT molecular complexity index is 413. The molecule has 0 saturated carbocycles. The molecule has 19 heavy (non-hydrogen) atoms. The maximum Gasteiger partial charge on any atom is 0.416 e. The van der Waals surface area contributed by atoms with E-state index in [-0.39, 0.29) is 6.04 Å². The van der Waals surface area contributed by atoms with E-state index in [2.05, 4.69) is 0 Å². The van der Waals surface area contributed by atoms with Crippen LogP contribution in [0.25, 0.3) is 0 Å². The molecule has 1 heterocycles. The van der Waals surface area contributed by atoms with Crippen LogP contribution in [0.2, 0.25) is 0 Å². The fourth-order valence-electron chi connectivity index (χ4n) is 2.38. The molecule has 106 valence electrons. The second kappa shape index (κ2) is 6.18. The van der Waals surface area contributed by atoms with Gasteiger partial charge in [0.25, 0.3) is 0 Å². The van der Waals surface area contributed by atoms with Crippen molar-refractivity contribution in [2.24, 2.45) is 5.73 Å². The molecule has 0 amide bonds. The van der Waals surface area contributed by atoms with Gasteiger partial charge in [-0.25, -0.2) is 0 Å². The summed E-state index contributed by atoms with van der Waals surface area (Å²) >= 11 is 1.85. The third-order valence-corrected chi connectivity index (χ3v) is 4.96. The van der Waals surface area contributed by atoms with Gasteiger partial charge in [0.1, 0.15) is 0 Å². The van der Waals surface area contributed by atoms with E-state index in [0.29, 0.717) is 17.2 Å². The minimum atomic E-state index is -4.28. The van der Waals surface area contributed by atoms with Gasteiger partial charge in [-0.3, -0.25) is 0 Å². The zero-order valence-corrected chi connectivity index (χ0v) is 11.4. The Morgan fingerprint density at radius 3 is 2.74 bits per heavy atom. The third-order valence-electron chi connectivity index (χ3n) is 3.42. The molecule has 0 aliphatic carbocycles. The zero-order chi connectivity index (χ0) is 13.9. The number of halogens is 3. The Labute approximate surface area is 115 Å². The smallest absolute Gasteiger partial charge is 0.326 e. The van der Waals surface area contributed by atoms with Crippen LogP contribution >= 0.6 is 11.8 Å². The van der Waals surface area contributed by atoms with Crippen molar-refractivity contribution in [3.05, 3.63) is 35.4 Å². The van der Waals surface area contributed by atoms with Gasteiger partial charge in [-0.1, -0.05) is 24.6 Å². The quantitative estimate of drug-likeness (QED) is 0.914. The monoisotopic (exact) mass is 289 g/mol. The van der Waals surface area contributed by atoms with Crippen LogP contribution in [0.5, 0.6) is 0 Å². The lowest BCUT2D eigenvalue weighted by atomic mass is 9.99. The van der Waals surface area contributed by atoms with Gasteiger partial charge in [-0.2, -0.15) is 24.9 Å². The van der Waals surface area contributed by atoms with Crippen molar-refractivity contribution in [3.63, 3.8) is 0 Å². The van der Waals surface area contributed by atoms with E-state index in [1.54, 1.807) is 6.07 Å². The molecule has 2 N–H and O–H groups in total.